The molecule has 1 unspecified atom stereocenters. The van der Waals surface area contributed by atoms with E-state index < -0.39 is 17.6 Å². The van der Waals surface area contributed by atoms with Crippen LogP contribution in [0.3, 0.4) is 0 Å². The lowest BCUT2D eigenvalue weighted by Crippen LogP contribution is -2.51. The second-order valence-corrected chi connectivity index (χ2v) is 6.45. The number of hydrogen-bond donors (Lipinski definition) is 1. The number of ketones is 1. The van der Waals surface area contributed by atoms with E-state index in [1.165, 1.54) is 35.2 Å². The fourth-order valence-electron chi connectivity index (χ4n) is 3.00. The third-order valence-electron chi connectivity index (χ3n) is 4.47. The number of nitrogens with one attached hydrogen (secondary N) is 1. The van der Waals surface area contributed by atoms with Gasteiger partial charge in [-0.1, -0.05) is 12.1 Å². The topological polar surface area (TPSA) is 84.9 Å². The zero-order valence-corrected chi connectivity index (χ0v) is 16.1. The molecule has 0 fully saturated rings. The van der Waals surface area contributed by atoms with E-state index in [0.717, 1.165) is 0 Å². The Balaban J connectivity index is 1.82. The fourth-order valence-corrected chi connectivity index (χ4v) is 3.00. The molecule has 0 saturated heterocycles. The number of halogens is 1. The molecule has 0 radical (unpaired) electrons. The molecule has 0 saturated carbocycles. The minimum absolute atomic E-state index is 0.0243. The van der Waals surface area contributed by atoms with E-state index in [9.17, 15) is 18.8 Å². The van der Waals surface area contributed by atoms with Crippen LogP contribution in [0, 0.1) is 5.82 Å². The predicted molar refractivity (Wildman–Crippen MR) is 104 cm³/mol. The van der Waals surface area contributed by atoms with Gasteiger partial charge in [0.15, 0.2) is 30.6 Å². The van der Waals surface area contributed by atoms with Gasteiger partial charge in [0, 0.05) is 12.1 Å². The highest BCUT2D eigenvalue weighted by Gasteiger charge is 2.33. The number of benzene rings is 2. The second kappa shape index (κ2) is 8.72. The second-order valence-electron chi connectivity index (χ2n) is 6.45. The van der Waals surface area contributed by atoms with Gasteiger partial charge in [-0.2, -0.15) is 0 Å². The normalized spacial score (nSPS) is 13.9. The Bertz CT molecular complexity index is 946. The molecule has 7 nitrogen and oxygen atoms in total. The van der Waals surface area contributed by atoms with Crippen LogP contribution in [0.15, 0.2) is 42.5 Å². The number of anilines is 1. The molecule has 1 aliphatic heterocycles. The monoisotopic (exact) mass is 400 g/mol. The largest absolute Gasteiger partial charge is 0.482 e. The van der Waals surface area contributed by atoms with Gasteiger partial charge in [0.2, 0.25) is 5.91 Å². The maximum absolute atomic E-state index is 13.7. The molecule has 1 aliphatic rings. The number of amides is 2. The summed E-state index contributed by atoms with van der Waals surface area (Å²) >= 11 is 0. The molecule has 0 aromatic heterocycles. The van der Waals surface area contributed by atoms with Gasteiger partial charge in [0.25, 0.3) is 5.91 Å². The van der Waals surface area contributed by atoms with E-state index in [2.05, 4.69) is 5.32 Å². The molecule has 1 heterocycles. The smallest absolute Gasteiger partial charge is 0.265 e. The van der Waals surface area contributed by atoms with Gasteiger partial charge in [-0.15, -0.1) is 0 Å². The molecule has 29 heavy (non-hydrogen) atoms. The van der Waals surface area contributed by atoms with Crippen molar-refractivity contribution >= 4 is 23.3 Å². The van der Waals surface area contributed by atoms with Crippen LogP contribution in [-0.4, -0.2) is 43.4 Å². The van der Waals surface area contributed by atoms with E-state index in [1.807, 2.05) is 0 Å². The average molecular weight is 400 g/mol. The predicted octanol–water partition coefficient (Wildman–Crippen LogP) is 2.34. The number of Topliss-reactive ketones (excluding diaryl/α,β-unsaturated/α-hetero) is 1. The zero-order chi connectivity index (χ0) is 21.0. The number of likely N-dealkylation sites (N-methyl/N-ethyl adjacent to an activating group) is 1. The summed E-state index contributed by atoms with van der Waals surface area (Å²) in [7, 11) is 0. The number of rotatable bonds is 7. The van der Waals surface area contributed by atoms with E-state index in [-0.39, 0.29) is 36.3 Å². The van der Waals surface area contributed by atoms with Crippen LogP contribution >= 0.6 is 0 Å². The molecule has 3 rings (SSSR count). The number of hydrogen-bond acceptors (Lipinski definition) is 5. The van der Waals surface area contributed by atoms with Crippen molar-refractivity contribution in [3.8, 4) is 11.5 Å². The van der Waals surface area contributed by atoms with Crippen molar-refractivity contribution in [3.05, 3.63) is 53.8 Å². The van der Waals surface area contributed by atoms with Crippen molar-refractivity contribution < 1.29 is 28.2 Å². The summed E-state index contributed by atoms with van der Waals surface area (Å²) in [5.74, 6) is -1.29. The summed E-state index contributed by atoms with van der Waals surface area (Å²) in [6.07, 6.45) is 0. The van der Waals surface area contributed by atoms with Crippen LogP contribution in [0.2, 0.25) is 0 Å². The molecule has 0 spiro atoms. The quantitative estimate of drug-likeness (QED) is 0.721. The van der Waals surface area contributed by atoms with Gasteiger partial charge in [-0.05, 0) is 44.2 Å². The molecule has 2 amide bonds. The molecular weight excluding hydrogens is 379 g/mol. The maximum atomic E-state index is 13.7. The molecule has 0 bridgehead atoms. The van der Waals surface area contributed by atoms with Gasteiger partial charge in [-0.3, -0.25) is 19.3 Å². The van der Waals surface area contributed by atoms with Crippen LogP contribution in [0.5, 0.6) is 11.5 Å². The summed E-state index contributed by atoms with van der Waals surface area (Å²) < 4.78 is 24.3. The van der Waals surface area contributed by atoms with Gasteiger partial charge in [0.1, 0.15) is 11.8 Å². The van der Waals surface area contributed by atoms with Crippen LogP contribution in [0.25, 0.3) is 0 Å². The van der Waals surface area contributed by atoms with Crippen molar-refractivity contribution in [2.24, 2.45) is 0 Å². The Labute approximate surface area is 167 Å². The molecule has 8 heteroatoms. The standard InChI is InChI=1S/C21H21FN2O5/c1-3-23-21(27)13(2)24-16-10-14(8-9-19(16)29-12-20(24)26)17(25)11-28-18-7-5-4-6-15(18)22/h4-10,13H,3,11-12H2,1-2H3,(H,23,27). The number of para-hydroxylation sites is 1. The minimum atomic E-state index is -0.773. The highest BCUT2D eigenvalue weighted by atomic mass is 19.1. The third-order valence-corrected chi connectivity index (χ3v) is 4.47. The van der Waals surface area contributed by atoms with E-state index in [1.54, 1.807) is 26.0 Å². The lowest BCUT2D eigenvalue weighted by Gasteiger charge is -2.33. The first-order valence-electron chi connectivity index (χ1n) is 9.19. The highest BCUT2D eigenvalue weighted by molar-refractivity contribution is 6.05. The Hall–Kier alpha value is -3.42. The SMILES string of the molecule is CCNC(=O)C(C)N1C(=O)COc2ccc(C(=O)COc3ccccc3F)cc21. The summed E-state index contributed by atoms with van der Waals surface area (Å²) in [5.41, 5.74) is 0.586. The van der Waals surface area contributed by atoms with Crippen molar-refractivity contribution in [1.82, 2.24) is 5.32 Å². The van der Waals surface area contributed by atoms with Crippen molar-refractivity contribution in [3.63, 3.8) is 0 Å². The number of carbonyl (C=O) groups excluding carboxylic acids is 3. The molecular formula is C21H21FN2O5. The summed E-state index contributed by atoms with van der Waals surface area (Å²) in [4.78, 5) is 38.5. The molecule has 1 N–H and O–H groups in total. The highest BCUT2D eigenvalue weighted by Crippen LogP contribution is 2.34. The number of nitrogens with zero attached hydrogens (tertiary/aromatic N) is 1. The molecule has 1 atom stereocenters. The van der Waals surface area contributed by atoms with Gasteiger partial charge < -0.3 is 14.8 Å². The Morgan fingerprint density at radius 1 is 1.28 bits per heavy atom. The van der Waals surface area contributed by atoms with Crippen molar-refractivity contribution in [1.29, 1.82) is 0 Å². The van der Waals surface area contributed by atoms with Crippen LogP contribution in [0.4, 0.5) is 10.1 Å². The van der Waals surface area contributed by atoms with Crippen LogP contribution < -0.4 is 19.7 Å². The number of ether oxygens (including phenoxy) is 2. The summed E-state index contributed by atoms with van der Waals surface area (Å²) in [5, 5.41) is 2.68. The zero-order valence-electron chi connectivity index (χ0n) is 16.1. The van der Waals surface area contributed by atoms with Gasteiger partial charge in [-0.25, -0.2) is 4.39 Å². The Kier molecular flexibility index (Phi) is 6.11. The van der Waals surface area contributed by atoms with Gasteiger partial charge in [0.05, 0.1) is 5.69 Å². The lowest BCUT2D eigenvalue weighted by molar-refractivity contribution is -0.127. The third kappa shape index (κ3) is 4.37. The minimum Gasteiger partial charge on any atom is -0.482 e. The van der Waals surface area contributed by atoms with E-state index in [0.29, 0.717) is 18.0 Å². The van der Waals surface area contributed by atoms with Crippen molar-refractivity contribution in [2.75, 3.05) is 24.7 Å². The van der Waals surface area contributed by atoms with Crippen LogP contribution in [-0.2, 0) is 9.59 Å². The number of fused-ring (bicyclic) bond motifs is 1. The Morgan fingerprint density at radius 2 is 2.03 bits per heavy atom. The van der Waals surface area contributed by atoms with E-state index >= 15 is 0 Å². The summed E-state index contributed by atoms with van der Waals surface area (Å²) in [6, 6.07) is 9.60. The average Bonchev–Trinajstić information content (AvgIpc) is 2.72. The molecule has 2 aromatic carbocycles. The maximum Gasteiger partial charge on any atom is 0.265 e. The fraction of sp³-hybridized carbons (Fsp3) is 0.286. The first-order valence-corrected chi connectivity index (χ1v) is 9.19. The molecule has 152 valence electrons. The van der Waals surface area contributed by atoms with Crippen molar-refractivity contribution in [2.45, 2.75) is 19.9 Å². The molecule has 0 aliphatic carbocycles. The summed E-state index contributed by atoms with van der Waals surface area (Å²) in [6.45, 7) is 3.25. The molecule has 2 aromatic rings. The lowest BCUT2D eigenvalue weighted by atomic mass is 10.1. The first kappa shape index (κ1) is 20.3. The van der Waals surface area contributed by atoms with Gasteiger partial charge >= 0.3 is 0 Å². The Morgan fingerprint density at radius 3 is 2.76 bits per heavy atom. The first-order chi connectivity index (χ1) is 13.9. The number of carbonyl (C=O) groups is 3. The van der Waals surface area contributed by atoms with Crippen LogP contribution in [0.1, 0.15) is 24.2 Å². The van der Waals surface area contributed by atoms with E-state index in [4.69, 9.17) is 9.47 Å².